The van der Waals surface area contributed by atoms with Crippen molar-refractivity contribution >= 4 is 23.3 Å². The van der Waals surface area contributed by atoms with Gasteiger partial charge in [0.05, 0.1) is 17.1 Å². The van der Waals surface area contributed by atoms with Crippen molar-refractivity contribution in [1.82, 2.24) is 0 Å². The molecule has 20 heavy (non-hydrogen) atoms. The average molecular weight is 273 g/mol. The topological polar surface area (TPSA) is 50.4 Å². The maximum atomic E-state index is 12.7. The first kappa shape index (κ1) is 15.7. The Morgan fingerprint density at radius 1 is 1.10 bits per heavy atom. The monoisotopic (exact) mass is 273 g/mol. The van der Waals surface area contributed by atoms with Gasteiger partial charge in [-0.15, -0.1) is 0 Å². The molecule has 2 rings (SSSR count). The van der Waals surface area contributed by atoms with Gasteiger partial charge in [0.2, 0.25) is 0 Å². The predicted molar refractivity (Wildman–Crippen MR) is 85.4 cm³/mol. The Morgan fingerprint density at radius 2 is 1.75 bits per heavy atom. The molecule has 0 unspecified atom stereocenters. The molecule has 0 aliphatic rings. The summed E-state index contributed by atoms with van der Waals surface area (Å²) >= 11 is 0. The molecular weight excluding hydrogens is 253 g/mol. The van der Waals surface area contributed by atoms with Crippen molar-refractivity contribution in [2.45, 2.75) is 13.8 Å². The SMILES string of the molecule is CC.CNc1cc(N=Cc2ccc(F)cc2)ccc1N. The molecule has 0 fully saturated rings. The van der Waals surface area contributed by atoms with E-state index in [0.717, 1.165) is 16.9 Å². The van der Waals surface area contributed by atoms with Crippen molar-refractivity contribution in [3.05, 3.63) is 53.8 Å². The van der Waals surface area contributed by atoms with Crippen LogP contribution in [0.2, 0.25) is 0 Å². The third-order valence-corrected chi connectivity index (χ3v) is 2.54. The number of anilines is 2. The van der Waals surface area contributed by atoms with Crippen LogP contribution in [0.5, 0.6) is 0 Å². The van der Waals surface area contributed by atoms with Gasteiger partial charge in [-0.05, 0) is 35.9 Å². The maximum absolute atomic E-state index is 12.7. The first-order valence-electron chi connectivity index (χ1n) is 6.56. The Kier molecular flexibility index (Phi) is 6.23. The van der Waals surface area contributed by atoms with Crippen LogP contribution in [0.25, 0.3) is 0 Å². The van der Waals surface area contributed by atoms with Crippen LogP contribution in [0, 0.1) is 5.82 Å². The summed E-state index contributed by atoms with van der Waals surface area (Å²) < 4.78 is 12.7. The minimum Gasteiger partial charge on any atom is -0.397 e. The van der Waals surface area contributed by atoms with Crippen molar-refractivity contribution < 1.29 is 4.39 Å². The molecule has 0 radical (unpaired) electrons. The van der Waals surface area contributed by atoms with Gasteiger partial charge in [0.15, 0.2) is 0 Å². The number of rotatable bonds is 3. The van der Waals surface area contributed by atoms with E-state index in [1.807, 2.05) is 26.0 Å². The van der Waals surface area contributed by atoms with Gasteiger partial charge in [-0.25, -0.2) is 4.39 Å². The highest BCUT2D eigenvalue weighted by atomic mass is 19.1. The molecule has 3 nitrogen and oxygen atoms in total. The number of hydrogen-bond acceptors (Lipinski definition) is 3. The summed E-state index contributed by atoms with van der Waals surface area (Å²) in [5.41, 5.74) is 8.92. The maximum Gasteiger partial charge on any atom is 0.123 e. The molecule has 2 aromatic rings. The van der Waals surface area contributed by atoms with Crippen LogP contribution >= 0.6 is 0 Å². The van der Waals surface area contributed by atoms with Crippen LogP contribution in [-0.2, 0) is 0 Å². The van der Waals surface area contributed by atoms with Gasteiger partial charge >= 0.3 is 0 Å². The highest BCUT2D eigenvalue weighted by Crippen LogP contribution is 2.24. The number of halogens is 1. The van der Waals surface area contributed by atoms with E-state index < -0.39 is 0 Å². The molecule has 0 aliphatic carbocycles. The minimum absolute atomic E-state index is 0.253. The summed E-state index contributed by atoms with van der Waals surface area (Å²) in [5.74, 6) is -0.253. The molecule has 3 N–H and O–H groups in total. The summed E-state index contributed by atoms with van der Waals surface area (Å²) in [5, 5.41) is 2.99. The highest BCUT2D eigenvalue weighted by Gasteiger charge is 1.97. The smallest absolute Gasteiger partial charge is 0.123 e. The fraction of sp³-hybridized carbons (Fsp3) is 0.188. The molecule has 0 aliphatic heterocycles. The summed E-state index contributed by atoms with van der Waals surface area (Å²) in [7, 11) is 1.80. The third kappa shape index (κ3) is 4.39. The van der Waals surface area contributed by atoms with E-state index in [2.05, 4.69) is 10.3 Å². The fourth-order valence-electron chi connectivity index (χ4n) is 1.54. The number of benzene rings is 2. The van der Waals surface area contributed by atoms with Gasteiger partial charge in [-0.1, -0.05) is 26.0 Å². The number of nitrogens with zero attached hydrogens (tertiary/aromatic N) is 1. The molecule has 2 aromatic carbocycles. The summed E-state index contributed by atoms with van der Waals surface area (Å²) in [6.07, 6.45) is 1.68. The first-order chi connectivity index (χ1) is 9.69. The number of hydrogen-bond donors (Lipinski definition) is 2. The van der Waals surface area contributed by atoms with E-state index in [0.29, 0.717) is 5.69 Å². The highest BCUT2D eigenvalue weighted by molar-refractivity contribution is 5.82. The standard InChI is InChI=1S/C14H14FN3.C2H6/c1-17-14-8-12(6-7-13(14)16)18-9-10-2-4-11(15)5-3-10;1-2/h2-9,17H,16H2,1H3;1-2H3. The van der Waals surface area contributed by atoms with E-state index in [1.54, 1.807) is 31.5 Å². The van der Waals surface area contributed by atoms with E-state index in [4.69, 9.17) is 5.73 Å². The van der Waals surface area contributed by atoms with Gasteiger partial charge in [0.1, 0.15) is 5.82 Å². The number of nitrogens with two attached hydrogens (primary N) is 1. The van der Waals surface area contributed by atoms with Crippen LogP contribution in [0.4, 0.5) is 21.5 Å². The lowest BCUT2D eigenvalue weighted by molar-refractivity contribution is 0.628. The normalized spacial score (nSPS) is 10.0. The Hall–Kier alpha value is -2.36. The zero-order valence-electron chi connectivity index (χ0n) is 12.0. The lowest BCUT2D eigenvalue weighted by atomic mass is 10.2. The van der Waals surface area contributed by atoms with Crippen molar-refractivity contribution in [1.29, 1.82) is 0 Å². The zero-order chi connectivity index (χ0) is 15.0. The fourth-order valence-corrected chi connectivity index (χ4v) is 1.54. The van der Waals surface area contributed by atoms with Gasteiger partial charge in [0, 0.05) is 13.3 Å². The second-order valence-electron chi connectivity index (χ2n) is 3.83. The number of nitrogen functional groups attached to an aromatic ring is 1. The minimum atomic E-state index is -0.253. The Labute approximate surface area is 119 Å². The summed E-state index contributed by atoms with van der Waals surface area (Å²) in [6.45, 7) is 4.00. The molecule has 0 atom stereocenters. The molecule has 0 saturated carbocycles. The summed E-state index contributed by atoms with van der Waals surface area (Å²) in [6, 6.07) is 11.6. The molecule has 0 saturated heterocycles. The first-order valence-corrected chi connectivity index (χ1v) is 6.56. The van der Waals surface area contributed by atoms with E-state index >= 15 is 0 Å². The van der Waals surface area contributed by atoms with Gasteiger partial charge < -0.3 is 11.1 Å². The lowest BCUT2D eigenvalue weighted by Gasteiger charge is -2.04. The molecule has 4 heteroatoms. The van der Waals surface area contributed by atoms with Crippen LogP contribution in [0.15, 0.2) is 47.5 Å². The second-order valence-corrected chi connectivity index (χ2v) is 3.83. The van der Waals surface area contributed by atoms with Crippen molar-refractivity contribution in [3.8, 4) is 0 Å². The second kappa shape index (κ2) is 7.94. The van der Waals surface area contributed by atoms with Crippen molar-refractivity contribution in [2.24, 2.45) is 4.99 Å². The van der Waals surface area contributed by atoms with Crippen LogP contribution in [0.3, 0.4) is 0 Å². The third-order valence-electron chi connectivity index (χ3n) is 2.54. The Morgan fingerprint density at radius 3 is 2.35 bits per heavy atom. The Balaban J connectivity index is 0.000000956. The number of aliphatic imine (C=N–C) groups is 1. The molecular formula is C16H20FN3. The Bertz CT molecular complexity index is 562. The van der Waals surface area contributed by atoms with Crippen LogP contribution < -0.4 is 11.1 Å². The molecule has 0 amide bonds. The number of nitrogens with one attached hydrogen (secondary N) is 1. The summed E-state index contributed by atoms with van der Waals surface area (Å²) in [4.78, 5) is 4.31. The van der Waals surface area contributed by atoms with E-state index in [9.17, 15) is 4.39 Å². The van der Waals surface area contributed by atoms with Gasteiger partial charge in [0.25, 0.3) is 0 Å². The molecule has 0 spiro atoms. The lowest BCUT2D eigenvalue weighted by Crippen LogP contribution is -1.94. The molecule has 0 heterocycles. The molecule has 0 aromatic heterocycles. The molecule has 106 valence electrons. The van der Waals surface area contributed by atoms with Crippen LogP contribution in [0.1, 0.15) is 19.4 Å². The van der Waals surface area contributed by atoms with Gasteiger partial charge in [-0.3, -0.25) is 4.99 Å². The van der Waals surface area contributed by atoms with E-state index in [-0.39, 0.29) is 5.82 Å². The predicted octanol–water partition coefficient (Wildman–Crippen LogP) is 4.23. The van der Waals surface area contributed by atoms with Crippen molar-refractivity contribution in [3.63, 3.8) is 0 Å². The quantitative estimate of drug-likeness (QED) is 0.649. The largest absolute Gasteiger partial charge is 0.397 e. The molecule has 0 bridgehead atoms. The van der Waals surface area contributed by atoms with Crippen LogP contribution in [-0.4, -0.2) is 13.3 Å². The zero-order valence-corrected chi connectivity index (χ0v) is 12.0. The van der Waals surface area contributed by atoms with Crippen molar-refractivity contribution in [2.75, 3.05) is 18.1 Å². The average Bonchev–Trinajstić information content (AvgIpc) is 2.50. The van der Waals surface area contributed by atoms with Gasteiger partial charge in [-0.2, -0.15) is 0 Å². The van der Waals surface area contributed by atoms with E-state index in [1.165, 1.54) is 12.1 Å².